The van der Waals surface area contributed by atoms with Crippen molar-refractivity contribution < 1.29 is 9.59 Å². The Balaban J connectivity index is 2.17. The van der Waals surface area contributed by atoms with Crippen molar-refractivity contribution in [3.05, 3.63) is 0 Å². The van der Waals surface area contributed by atoms with Gasteiger partial charge in [-0.05, 0) is 33.7 Å². The molecule has 2 unspecified atom stereocenters. The number of hydrogen-bond acceptors (Lipinski definition) is 3. The normalized spacial score (nSPS) is 31.9. The molecule has 2 heterocycles. The number of rotatable bonds is 1. The van der Waals surface area contributed by atoms with Gasteiger partial charge in [-0.2, -0.15) is 0 Å². The van der Waals surface area contributed by atoms with E-state index in [4.69, 9.17) is 0 Å². The van der Waals surface area contributed by atoms with Crippen molar-refractivity contribution in [1.29, 1.82) is 0 Å². The summed E-state index contributed by atoms with van der Waals surface area (Å²) in [5.74, 6) is 0.167. The molecule has 102 valence electrons. The lowest BCUT2D eigenvalue weighted by molar-refractivity contribution is -0.159. The molecule has 0 aromatic rings. The monoisotopic (exact) mass is 253 g/mol. The molecule has 1 N–H and O–H groups in total. The molecular weight excluding hydrogens is 230 g/mol. The fraction of sp³-hybridized carbons (Fsp3) is 0.846. The van der Waals surface area contributed by atoms with Crippen LogP contribution in [0.1, 0.15) is 27.2 Å². The molecule has 0 radical (unpaired) electrons. The van der Waals surface area contributed by atoms with E-state index in [1.165, 1.54) is 0 Å². The van der Waals surface area contributed by atoms with Gasteiger partial charge in [0.2, 0.25) is 11.8 Å². The van der Waals surface area contributed by atoms with E-state index in [-0.39, 0.29) is 23.8 Å². The van der Waals surface area contributed by atoms with E-state index in [0.29, 0.717) is 13.1 Å². The molecule has 5 heteroatoms. The third-order valence-corrected chi connectivity index (χ3v) is 4.31. The van der Waals surface area contributed by atoms with Gasteiger partial charge in [0.25, 0.3) is 0 Å². The second-order valence-corrected chi connectivity index (χ2v) is 5.91. The number of carbonyl (C=O) groups is 2. The highest BCUT2D eigenvalue weighted by Gasteiger charge is 2.45. The van der Waals surface area contributed by atoms with Crippen LogP contribution in [-0.4, -0.2) is 59.9 Å². The number of carbonyl (C=O) groups excluding carboxylic acids is 2. The molecule has 0 aromatic heterocycles. The van der Waals surface area contributed by atoms with E-state index >= 15 is 0 Å². The Morgan fingerprint density at radius 1 is 1.39 bits per heavy atom. The number of likely N-dealkylation sites (N-methyl/N-ethyl adjacent to an activating group) is 1. The van der Waals surface area contributed by atoms with E-state index in [0.717, 1.165) is 13.0 Å². The molecule has 5 nitrogen and oxygen atoms in total. The molecule has 0 spiro atoms. The summed E-state index contributed by atoms with van der Waals surface area (Å²) in [6, 6.07) is 0.211. The Hall–Kier alpha value is -1.10. The highest BCUT2D eigenvalue weighted by molar-refractivity contribution is 5.92. The van der Waals surface area contributed by atoms with Crippen molar-refractivity contribution in [1.82, 2.24) is 15.1 Å². The maximum absolute atomic E-state index is 12.6. The summed E-state index contributed by atoms with van der Waals surface area (Å²) in [7, 11) is 1.80. The number of piperazine rings is 1. The molecule has 2 aliphatic rings. The van der Waals surface area contributed by atoms with Crippen LogP contribution in [0.5, 0.6) is 0 Å². The average Bonchev–Trinajstić information content (AvgIpc) is 2.72. The SMILES string of the molecule is CC1NCCC1C(=O)N1CCN(C)C(=O)C1(C)C. The van der Waals surface area contributed by atoms with Gasteiger partial charge in [-0.3, -0.25) is 9.59 Å². The van der Waals surface area contributed by atoms with Crippen molar-refractivity contribution in [2.45, 2.75) is 38.8 Å². The number of hydrogen-bond donors (Lipinski definition) is 1. The Labute approximate surface area is 108 Å². The summed E-state index contributed by atoms with van der Waals surface area (Å²) >= 11 is 0. The van der Waals surface area contributed by atoms with Crippen molar-refractivity contribution in [3.8, 4) is 0 Å². The van der Waals surface area contributed by atoms with Crippen molar-refractivity contribution in [2.24, 2.45) is 5.92 Å². The smallest absolute Gasteiger partial charge is 0.247 e. The van der Waals surface area contributed by atoms with Crippen molar-refractivity contribution >= 4 is 11.8 Å². The first-order valence-electron chi connectivity index (χ1n) is 6.66. The van der Waals surface area contributed by atoms with Gasteiger partial charge in [0.1, 0.15) is 5.54 Å². The van der Waals surface area contributed by atoms with Crippen LogP contribution in [0, 0.1) is 5.92 Å². The second kappa shape index (κ2) is 4.53. The number of nitrogens with one attached hydrogen (secondary N) is 1. The zero-order chi connectivity index (χ0) is 13.5. The van der Waals surface area contributed by atoms with Gasteiger partial charge >= 0.3 is 0 Å². The average molecular weight is 253 g/mol. The first-order chi connectivity index (χ1) is 8.35. The second-order valence-electron chi connectivity index (χ2n) is 5.91. The Morgan fingerprint density at radius 3 is 2.61 bits per heavy atom. The maximum atomic E-state index is 12.6. The van der Waals surface area contributed by atoms with Crippen LogP contribution in [0.3, 0.4) is 0 Å². The summed E-state index contributed by atoms with van der Waals surface area (Å²) in [5.41, 5.74) is -0.716. The van der Waals surface area contributed by atoms with Gasteiger partial charge in [-0.15, -0.1) is 0 Å². The molecule has 2 amide bonds. The summed E-state index contributed by atoms with van der Waals surface area (Å²) in [5, 5.41) is 3.29. The minimum Gasteiger partial charge on any atom is -0.342 e. The molecule has 2 aliphatic heterocycles. The van der Waals surface area contributed by atoms with Gasteiger partial charge in [0.15, 0.2) is 0 Å². The minimum absolute atomic E-state index is 0.0143. The highest BCUT2D eigenvalue weighted by Crippen LogP contribution is 2.27. The van der Waals surface area contributed by atoms with E-state index in [2.05, 4.69) is 5.32 Å². The van der Waals surface area contributed by atoms with Crippen LogP contribution in [0.4, 0.5) is 0 Å². The van der Waals surface area contributed by atoms with Crippen molar-refractivity contribution in [2.75, 3.05) is 26.7 Å². The lowest BCUT2D eigenvalue weighted by Gasteiger charge is -2.45. The molecule has 0 aliphatic carbocycles. The zero-order valence-electron chi connectivity index (χ0n) is 11.7. The molecule has 2 rings (SSSR count). The van der Waals surface area contributed by atoms with E-state index < -0.39 is 5.54 Å². The largest absolute Gasteiger partial charge is 0.342 e. The van der Waals surface area contributed by atoms with Gasteiger partial charge in [0.05, 0.1) is 5.92 Å². The fourth-order valence-electron chi connectivity index (χ4n) is 3.00. The molecule has 0 bridgehead atoms. The summed E-state index contributed by atoms with van der Waals surface area (Å²) in [4.78, 5) is 28.2. The van der Waals surface area contributed by atoms with Crippen molar-refractivity contribution in [3.63, 3.8) is 0 Å². The third-order valence-electron chi connectivity index (χ3n) is 4.31. The highest BCUT2D eigenvalue weighted by atomic mass is 16.2. The lowest BCUT2D eigenvalue weighted by Crippen LogP contribution is -2.64. The predicted molar refractivity (Wildman–Crippen MR) is 69.0 cm³/mol. The topological polar surface area (TPSA) is 52.7 Å². The zero-order valence-corrected chi connectivity index (χ0v) is 11.7. The minimum atomic E-state index is -0.716. The third kappa shape index (κ3) is 2.00. The first kappa shape index (κ1) is 13.3. The first-order valence-corrected chi connectivity index (χ1v) is 6.66. The lowest BCUT2D eigenvalue weighted by atomic mass is 9.93. The van der Waals surface area contributed by atoms with Crippen LogP contribution in [0.2, 0.25) is 0 Å². The number of amides is 2. The predicted octanol–water partition coefficient (Wildman–Crippen LogP) is 0.0636. The fourth-order valence-corrected chi connectivity index (χ4v) is 3.00. The van der Waals surface area contributed by atoms with Gasteiger partial charge in [0, 0.05) is 26.2 Å². The summed E-state index contributed by atoms with van der Waals surface area (Å²) < 4.78 is 0. The molecular formula is C13H23N3O2. The van der Waals surface area contributed by atoms with E-state index in [9.17, 15) is 9.59 Å². The van der Waals surface area contributed by atoms with Gasteiger partial charge < -0.3 is 15.1 Å². The van der Waals surface area contributed by atoms with E-state index in [1.54, 1.807) is 16.8 Å². The Bertz CT molecular complexity index is 367. The van der Waals surface area contributed by atoms with Crippen LogP contribution in [-0.2, 0) is 9.59 Å². The van der Waals surface area contributed by atoms with E-state index in [1.807, 2.05) is 20.8 Å². The molecule has 18 heavy (non-hydrogen) atoms. The molecule has 0 saturated carbocycles. The molecule has 2 saturated heterocycles. The maximum Gasteiger partial charge on any atom is 0.247 e. The van der Waals surface area contributed by atoms with Crippen LogP contribution >= 0.6 is 0 Å². The Kier molecular flexibility index (Phi) is 3.36. The van der Waals surface area contributed by atoms with Crippen LogP contribution in [0.15, 0.2) is 0 Å². The van der Waals surface area contributed by atoms with Gasteiger partial charge in [-0.1, -0.05) is 0 Å². The van der Waals surface area contributed by atoms with Crippen LogP contribution < -0.4 is 5.32 Å². The molecule has 2 fully saturated rings. The molecule has 2 atom stereocenters. The number of nitrogens with zero attached hydrogens (tertiary/aromatic N) is 2. The van der Waals surface area contributed by atoms with Crippen LogP contribution in [0.25, 0.3) is 0 Å². The standard InChI is InChI=1S/C13H23N3O2/c1-9-10(5-6-14-9)11(17)16-8-7-15(4)12(18)13(16,2)3/h9-10,14H,5-8H2,1-4H3. The summed E-state index contributed by atoms with van der Waals surface area (Å²) in [6.45, 7) is 7.88. The summed E-state index contributed by atoms with van der Waals surface area (Å²) in [6.07, 6.45) is 0.872. The molecule has 0 aromatic carbocycles. The van der Waals surface area contributed by atoms with Gasteiger partial charge in [-0.25, -0.2) is 0 Å². The quantitative estimate of drug-likeness (QED) is 0.719. The Morgan fingerprint density at radius 2 is 2.06 bits per heavy atom.